The van der Waals surface area contributed by atoms with Crippen LogP contribution in [0.4, 0.5) is 4.79 Å². The van der Waals surface area contributed by atoms with Gasteiger partial charge in [-0.1, -0.05) is 30.4 Å². The van der Waals surface area contributed by atoms with E-state index < -0.39 is 0 Å². The van der Waals surface area contributed by atoms with E-state index in [1.54, 1.807) is 17.1 Å². The molecule has 1 amide bonds. The maximum Gasteiger partial charge on any atom is 0.287 e. The number of hydrogen-bond donors (Lipinski definition) is 0. The Morgan fingerprint density at radius 1 is 1.19 bits per heavy atom. The Bertz CT molecular complexity index is 351. The Morgan fingerprint density at radius 2 is 1.75 bits per heavy atom. The summed E-state index contributed by atoms with van der Waals surface area (Å²) in [6.07, 6.45) is 3.43. The van der Waals surface area contributed by atoms with Crippen molar-refractivity contribution < 1.29 is 4.79 Å². The molecule has 0 saturated carbocycles. The van der Waals surface area contributed by atoms with E-state index in [-0.39, 0.29) is 5.24 Å². The van der Waals surface area contributed by atoms with Gasteiger partial charge in [-0.2, -0.15) is 0 Å². The summed E-state index contributed by atoms with van der Waals surface area (Å²) in [5.74, 6) is 0. The van der Waals surface area contributed by atoms with Gasteiger partial charge in [-0.15, -0.1) is 13.2 Å². The molecule has 3 heteroatoms. The normalized spacial score (nSPS) is 9.50. The number of hydrogen-bond acceptors (Lipinski definition) is 2. The monoisotopic (exact) mass is 233 g/mol. The molecule has 0 N–H and O–H groups in total. The highest BCUT2D eigenvalue weighted by molar-refractivity contribution is 8.13. The van der Waals surface area contributed by atoms with Crippen LogP contribution in [0, 0.1) is 0 Å². The van der Waals surface area contributed by atoms with Crippen LogP contribution in [-0.4, -0.2) is 23.2 Å². The first-order valence-corrected chi connectivity index (χ1v) is 5.83. The molecule has 1 aromatic carbocycles. The Labute approximate surface area is 101 Å². The van der Waals surface area contributed by atoms with E-state index in [0.717, 1.165) is 4.90 Å². The van der Waals surface area contributed by atoms with Gasteiger partial charge < -0.3 is 4.90 Å². The van der Waals surface area contributed by atoms with Crippen LogP contribution >= 0.6 is 11.8 Å². The average molecular weight is 233 g/mol. The van der Waals surface area contributed by atoms with Crippen molar-refractivity contribution in [3.8, 4) is 0 Å². The summed E-state index contributed by atoms with van der Waals surface area (Å²) in [5.41, 5.74) is 0. The molecular formula is C13H15NOS. The fraction of sp³-hybridized carbons (Fsp3) is 0.154. The zero-order valence-electron chi connectivity index (χ0n) is 9.13. The molecule has 0 aliphatic carbocycles. The van der Waals surface area contributed by atoms with Crippen LogP contribution in [0.3, 0.4) is 0 Å². The maximum atomic E-state index is 11.9. The second-order valence-electron chi connectivity index (χ2n) is 3.16. The Hall–Kier alpha value is -1.48. The highest BCUT2D eigenvalue weighted by atomic mass is 32.2. The third kappa shape index (κ3) is 3.95. The van der Waals surface area contributed by atoms with Gasteiger partial charge in [0, 0.05) is 18.0 Å². The highest BCUT2D eigenvalue weighted by Crippen LogP contribution is 2.20. The molecule has 0 heterocycles. The first-order chi connectivity index (χ1) is 7.77. The zero-order chi connectivity index (χ0) is 11.8. The van der Waals surface area contributed by atoms with Gasteiger partial charge in [0.25, 0.3) is 5.24 Å². The topological polar surface area (TPSA) is 20.3 Å². The second-order valence-corrected chi connectivity index (χ2v) is 4.19. The summed E-state index contributed by atoms with van der Waals surface area (Å²) < 4.78 is 0. The molecule has 16 heavy (non-hydrogen) atoms. The van der Waals surface area contributed by atoms with Crippen LogP contribution < -0.4 is 0 Å². The lowest BCUT2D eigenvalue weighted by Crippen LogP contribution is -2.27. The van der Waals surface area contributed by atoms with Gasteiger partial charge in [0.2, 0.25) is 0 Å². The molecule has 1 aromatic rings. The highest BCUT2D eigenvalue weighted by Gasteiger charge is 2.11. The molecule has 0 aromatic heterocycles. The van der Waals surface area contributed by atoms with Gasteiger partial charge in [0.1, 0.15) is 0 Å². The van der Waals surface area contributed by atoms with E-state index in [2.05, 4.69) is 13.2 Å². The van der Waals surface area contributed by atoms with Gasteiger partial charge in [0.05, 0.1) is 0 Å². The van der Waals surface area contributed by atoms with Gasteiger partial charge in [-0.3, -0.25) is 4.79 Å². The molecule has 0 radical (unpaired) electrons. The number of rotatable bonds is 5. The smallest absolute Gasteiger partial charge is 0.287 e. The summed E-state index contributed by atoms with van der Waals surface area (Å²) in [5, 5.41) is 0.0194. The SMILES string of the molecule is C=CCN(CC=C)C(=O)Sc1ccccc1. The lowest BCUT2D eigenvalue weighted by molar-refractivity contribution is 0.233. The van der Waals surface area contributed by atoms with E-state index in [4.69, 9.17) is 0 Å². The largest absolute Gasteiger partial charge is 0.326 e. The van der Waals surface area contributed by atoms with Crippen molar-refractivity contribution in [3.63, 3.8) is 0 Å². The first-order valence-electron chi connectivity index (χ1n) is 5.01. The van der Waals surface area contributed by atoms with Crippen LogP contribution in [0.15, 0.2) is 60.5 Å². The van der Waals surface area contributed by atoms with Gasteiger partial charge in [-0.05, 0) is 23.9 Å². The predicted octanol–water partition coefficient (Wildman–Crippen LogP) is 3.57. The lowest BCUT2D eigenvalue weighted by atomic mass is 10.4. The number of thioether (sulfide) groups is 1. The number of nitrogens with zero attached hydrogens (tertiary/aromatic N) is 1. The molecule has 0 aliphatic rings. The minimum atomic E-state index is 0.0194. The molecule has 0 aliphatic heterocycles. The van der Waals surface area contributed by atoms with Crippen molar-refractivity contribution in [2.45, 2.75) is 4.90 Å². The third-order valence-electron chi connectivity index (χ3n) is 1.91. The summed E-state index contributed by atoms with van der Waals surface area (Å²) in [4.78, 5) is 14.5. The Morgan fingerprint density at radius 3 is 2.25 bits per heavy atom. The molecule has 2 nitrogen and oxygen atoms in total. The molecule has 0 saturated heterocycles. The lowest BCUT2D eigenvalue weighted by Gasteiger charge is -2.18. The van der Waals surface area contributed by atoms with Crippen LogP contribution in [0.1, 0.15) is 0 Å². The molecule has 0 fully saturated rings. The molecule has 0 bridgehead atoms. The van der Waals surface area contributed by atoms with Gasteiger partial charge in [0.15, 0.2) is 0 Å². The molecule has 0 spiro atoms. The summed E-state index contributed by atoms with van der Waals surface area (Å²) in [6.45, 7) is 8.36. The predicted molar refractivity (Wildman–Crippen MR) is 69.7 cm³/mol. The van der Waals surface area contributed by atoms with E-state index in [1.807, 2.05) is 30.3 Å². The van der Waals surface area contributed by atoms with Crippen molar-refractivity contribution in [1.82, 2.24) is 4.90 Å². The first kappa shape index (κ1) is 12.6. The van der Waals surface area contributed by atoms with Crippen molar-refractivity contribution in [1.29, 1.82) is 0 Å². The van der Waals surface area contributed by atoms with Crippen LogP contribution in [0.25, 0.3) is 0 Å². The Balaban J connectivity index is 2.61. The summed E-state index contributed by atoms with van der Waals surface area (Å²) in [6, 6.07) is 9.60. The van der Waals surface area contributed by atoms with E-state index in [9.17, 15) is 4.79 Å². The van der Waals surface area contributed by atoms with Crippen molar-refractivity contribution in [2.24, 2.45) is 0 Å². The summed E-state index contributed by atoms with van der Waals surface area (Å²) >= 11 is 1.22. The van der Waals surface area contributed by atoms with E-state index in [0.29, 0.717) is 13.1 Å². The van der Waals surface area contributed by atoms with E-state index in [1.165, 1.54) is 11.8 Å². The molecule has 1 rings (SSSR count). The molecule has 84 valence electrons. The maximum absolute atomic E-state index is 11.9. The number of carbonyl (C=O) groups excluding carboxylic acids is 1. The van der Waals surface area contributed by atoms with Crippen molar-refractivity contribution >= 4 is 17.0 Å². The van der Waals surface area contributed by atoms with Crippen molar-refractivity contribution in [2.75, 3.05) is 13.1 Å². The fourth-order valence-electron chi connectivity index (χ4n) is 1.19. The minimum absolute atomic E-state index is 0.0194. The number of carbonyl (C=O) groups is 1. The standard InChI is InChI=1S/C13H15NOS/c1-3-10-14(11-4-2)13(15)16-12-8-6-5-7-9-12/h3-9H,1-2,10-11H2. The minimum Gasteiger partial charge on any atom is -0.326 e. The molecular weight excluding hydrogens is 218 g/mol. The van der Waals surface area contributed by atoms with Crippen LogP contribution in [0.5, 0.6) is 0 Å². The van der Waals surface area contributed by atoms with Gasteiger partial charge in [-0.25, -0.2) is 0 Å². The van der Waals surface area contributed by atoms with E-state index >= 15 is 0 Å². The zero-order valence-corrected chi connectivity index (χ0v) is 9.95. The van der Waals surface area contributed by atoms with Crippen molar-refractivity contribution in [3.05, 3.63) is 55.6 Å². The van der Waals surface area contributed by atoms with Gasteiger partial charge >= 0.3 is 0 Å². The van der Waals surface area contributed by atoms with Crippen LogP contribution in [0.2, 0.25) is 0 Å². The summed E-state index contributed by atoms with van der Waals surface area (Å²) in [7, 11) is 0. The molecule has 0 unspecified atom stereocenters. The second kappa shape index (κ2) is 6.90. The van der Waals surface area contributed by atoms with Crippen LogP contribution in [-0.2, 0) is 0 Å². The number of amides is 1. The fourth-order valence-corrected chi connectivity index (χ4v) is 1.96. The third-order valence-corrected chi connectivity index (χ3v) is 2.85. The quantitative estimate of drug-likeness (QED) is 0.572. The average Bonchev–Trinajstić information content (AvgIpc) is 2.30. The molecule has 0 atom stereocenters. The number of benzene rings is 1. The Kier molecular flexibility index (Phi) is 5.43.